The van der Waals surface area contributed by atoms with Crippen molar-refractivity contribution in [3.8, 4) is 0 Å². The molecule has 72 valence electrons. The summed E-state index contributed by atoms with van der Waals surface area (Å²) in [6.45, 7) is 6.64. The molecule has 1 fully saturated rings. The van der Waals surface area contributed by atoms with Gasteiger partial charge >= 0.3 is 0 Å². The molecule has 0 aliphatic carbocycles. The van der Waals surface area contributed by atoms with Crippen molar-refractivity contribution < 1.29 is 0 Å². The lowest BCUT2D eigenvalue weighted by Crippen LogP contribution is -2.43. The highest BCUT2D eigenvalue weighted by atomic mass is 15.2. The molecule has 1 unspecified atom stereocenters. The highest BCUT2D eigenvalue weighted by Gasteiger charge is 2.13. The van der Waals surface area contributed by atoms with Gasteiger partial charge in [-0.25, -0.2) is 0 Å². The van der Waals surface area contributed by atoms with E-state index in [-0.39, 0.29) is 0 Å². The molecule has 2 N–H and O–H groups in total. The molecule has 3 heteroatoms. The predicted molar refractivity (Wildman–Crippen MR) is 54.3 cm³/mol. The van der Waals surface area contributed by atoms with Gasteiger partial charge < -0.3 is 15.5 Å². The van der Waals surface area contributed by atoms with E-state index >= 15 is 0 Å². The molecule has 2 heterocycles. The molecule has 0 amide bonds. The first kappa shape index (κ1) is 8.63. The lowest BCUT2D eigenvalue weighted by Gasteiger charge is -2.32. The largest absolute Gasteiger partial charge is 0.385 e. The van der Waals surface area contributed by atoms with Crippen LogP contribution in [0.1, 0.15) is 6.92 Å². The Bertz CT molecular complexity index is 226. The number of nitrogens with zero attached hydrogens (tertiary/aromatic N) is 1. The zero-order valence-electron chi connectivity index (χ0n) is 8.09. The molecule has 2 aliphatic rings. The highest BCUT2D eigenvalue weighted by Crippen LogP contribution is 2.11. The molecule has 3 nitrogen and oxygen atoms in total. The van der Waals surface area contributed by atoms with Crippen molar-refractivity contribution in [2.45, 2.75) is 13.0 Å². The molecule has 0 radical (unpaired) electrons. The second-order valence-electron chi connectivity index (χ2n) is 3.62. The highest BCUT2D eigenvalue weighted by molar-refractivity contribution is 5.23. The Morgan fingerprint density at radius 3 is 2.85 bits per heavy atom. The number of allylic oxidation sites excluding steroid dienone is 1. The Kier molecular flexibility index (Phi) is 2.54. The summed E-state index contributed by atoms with van der Waals surface area (Å²) in [5, 5.41) is 6.61. The maximum Gasteiger partial charge on any atom is 0.0433 e. The van der Waals surface area contributed by atoms with Crippen molar-refractivity contribution >= 4 is 0 Å². The number of nitrogens with one attached hydrogen (secondary N) is 2. The zero-order chi connectivity index (χ0) is 9.10. The summed E-state index contributed by atoms with van der Waals surface area (Å²) in [5.74, 6) is 0. The fourth-order valence-electron chi connectivity index (χ4n) is 1.78. The second kappa shape index (κ2) is 3.83. The molecular weight excluding hydrogens is 162 g/mol. The minimum atomic E-state index is 0.467. The van der Waals surface area contributed by atoms with Crippen LogP contribution in [0.25, 0.3) is 0 Å². The summed E-state index contributed by atoms with van der Waals surface area (Å²) in [7, 11) is 0. The van der Waals surface area contributed by atoms with E-state index in [4.69, 9.17) is 0 Å². The molecule has 1 saturated heterocycles. The van der Waals surface area contributed by atoms with Crippen molar-refractivity contribution in [3.05, 3.63) is 24.0 Å². The van der Waals surface area contributed by atoms with Crippen LogP contribution in [0.5, 0.6) is 0 Å². The Labute approximate surface area is 79.5 Å². The maximum atomic E-state index is 3.36. The van der Waals surface area contributed by atoms with Gasteiger partial charge in [-0.3, -0.25) is 0 Å². The van der Waals surface area contributed by atoms with Gasteiger partial charge in [0.05, 0.1) is 0 Å². The van der Waals surface area contributed by atoms with Gasteiger partial charge in [0, 0.05) is 37.9 Å². The second-order valence-corrected chi connectivity index (χ2v) is 3.62. The first-order valence-electron chi connectivity index (χ1n) is 4.96. The molecule has 0 aromatic heterocycles. The molecule has 2 rings (SSSR count). The number of hydrogen-bond acceptors (Lipinski definition) is 3. The summed E-state index contributed by atoms with van der Waals surface area (Å²) in [6.07, 6.45) is 6.48. The molecule has 1 atom stereocenters. The minimum Gasteiger partial charge on any atom is -0.385 e. The van der Waals surface area contributed by atoms with Crippen molar-refractivity contribution in [2.75, 3.05) is 26.2 Å². The SMILES string of the molecule is CC1C=C(N2CCNCC2)C=CN1. The smallest absolute Gasteiger partial charge is 0.0433 e. The van der Waals surface area contributed by atoms with Gasteiger partial charge in [-0.2, -0.15) is 0 Å². The van der Waals surface area contributed by atoms with Gasteiger partial charge in [-0.15, -0.1) is 0 Å². The summed E-state index contributed by atoms with van der Waals surface area (Å²) < 4.78 is 0. The quantitative estimate of drug-likeness (QED) is 0.605. The van der Waals surface area contributed by atoms with Gasteiger partial charge in [-0.05, 0) is 25.3 Å². The summed E-state index contributed by atoms with van der Waals surface area (Å²) in [6, 6.07) is 0.467. The molecule has 0 aromatic carbocycles. The topological polar surface area (TPSA) is 27.3 Å². The first-order valence-corrected chi connectivity index (χ1v) is 4.96. The van der Waals surface area contributed by atoms with Crippen molar-refractivity contribution in [3.63, 3.8) is 0 Å². The molecule has 0 aromatic rings. The molecule has 2 aliphatic heterocycles. The predicted octanol–water partition coefficient (Wildman–Crippen LogP) is 0.281. The number of rotatable bonds is 1. The normalized spacial score (nSPS) is 28.2. The third-order valence-corrected chi connectivity index (χ3v) is 2.52. The van der Waals surface area contributed by atoms with E-state index < -0.39 is 0 Å². The van der Waals surface area contributed by atoms with Gasteiger partial charge in [-0.1, -0.05) is 0 Å². The Morgan fingerprint density at radius 2 is 2.15 bits per heavy atom. The van der Waals surface area contributed by atoms with Crippen molar-refractivity contribution in [1.82, 2.24) is 15.5 Å². The summed E-state index contributed by atoms with van der Waals surface area (Å²) >= 11 is 0. The van der Waals surface area contributed by atoms with E-state index in [1.54, 1.807) is 0 Å². The standard InChI is InChI=1S/C10H17N3/c1-9-8-10(2-3-12-9)13-6-4-11-5-7-13/h2-3,8-9,11-12H,4-7H2,1H3. The van der Waals surface area contributed by atoms with Crippen LogP contribution in [0.2, 0.25) is 0 Å². The van der Waals surface area contributed by atoms with E-state index in [0.717, 1.165) is 26.2 Å². The lowest BCUT2D eigenvalue weighted by molar-refractivity contribution is 0.304. The Balaban J connectivity index is 2.02. The van der Waals surface area contributed by atoms with Crippen LogP contribution < -0.4 is 10.6 Å². The molecule has 13 heavy (non-hydrogen) atoms. The fourth-order valence-corrected chi connectivity index (χ4v) is 1.78. The zero-order valence-corrected chi connectivity index (χ0v) is 8.09. The van der Waals surface area contributed by atoms with Crippen LogP contribution in [-0.2, 0) is 0 Å². The third kappa shape index (κ3) is 2.04. The van der Waals surface area contributed by atoms with E-state index in [1.807, 2.05) is 6.20 Å². The van der Waals surface area contributed by atoms with Gasteiger partial charge in [0.1, 0.15) is 0 Å². The van der Waals surface area contributed by atoms with Gasteiger partial charge in [0.2, 0.25) is 0 Å². The van der Waals surface area contributed by atoms with E-state index in [2.05, 4.69) is 34.6 Å². The van der Waals surface area contributed by atoms with E-state index in [0.29, 0.717) is 6.04 Å². The first-order chi connectivity index (χ1) is 6.36. The molecular formula is C10H17N3. The number of piperazine rings is 1. The van der Waals surface area contributed by atoms with Crippen LogP contribution in [0.15, 0.2) is 24.0 Å². The van der Waals surface area contributed by atoms with E-state index in [9.17, 15) is 0 Å². The summed E-state index contributed by atoms with van der Waals surface area (Å²) in [5.41, 5.74) is 1.37. The average Bonchev–Trinajstić information content (AvgIpc) is 2.19. The molecule has 0 spiro atoms. The van der Waals surface area contributed by atoms with Crippen LogP contribution in [0.3, 0.4) is 0 Å². The van der Waals surface area contributed by atoms with E-state index in [1.165, 1.54) is 5.70 Å². The van der Waals surface area contributed by atoms with Crippen LogP contribution in [0, 0.1) is 0 Å². The summed E-state index contributed by atoms with van der Waals surface area (Å²) in [4.78, 5) is 2.43. The van der Waals surface area contributed by atoms with Gasteiger partial charge in [0.25, 0.3) is 0 Å². The van der Waals surface area contributed by atoms with Crippen LogP contribution >= 0.6 is 0 Å². The maximum absolute atomic E-state index is 3.36. The van der Waals surface area contributed by atoms with Gasteiger partial charge in [0.15, 0.2) is 0 Å². The van der Waals surface area contributed by atoms with Crippen molar-refractivity contribution in [1.29, 1.82) is 0 Å². The fraction of sp³-hybridized carbons (Fsp3) is 0.600. The third-order valence-electron chi connectivity index (χ3n) is 2.52. The van der Waals surface area contributed by atoms with Crippen LogP contribution in [-0.4, -0.2) is 37.1 Å². The number of dihydropyridines is 1. The lowest BCUT2D eigenvalue weighted by atomic mass is 10.2. The Hall–Kier alpha value is -0.960. The van der Waals surface area contributed by atoms with Crippen molar-refractivity contribution in [2.24, 2.45) is 0 Å². The number of hydrogen-bond donors (Lipinski definition) is 2. The molecule has 0 saturated carbocycles. The minimum absolute atomic E-state index is 0.467. The molecule has 0 bridgehead atoms. The monoisotopic (exact) mass is 179 g/mol. The Morgan fingerprint density at radius 1 is 1.38 bits per heavy atom. The average molecular weight is 179 g/mol. The van der Waals surface area contributed by atoms with Crippen LogP contribution in [0.4, 0.5) is 0 Å².